The van der Waals surface area contributed by atoms with E-state index >= 15 is 0 Å². The van der Waals surface area contributed by atoms with Gasteiger partial charge >= 0.3 is 5.97 Å². The number of carbonyl (C=O) groups excluding carboxylic acids is 2. The molecule has 0 amide bonds. The highest BCUT2D eigenvalue weighted by Gasteiger charge is 2.11. The number of carbonyl (C=O) groups is 2. The van der Waals surface area contributed by atoms with Gasteiger partial charge in [-0.1, -0.05) is 58.3 Å². The normalized spacial score (nSPS) is 12.3. The molecule has 0 aromatic carbocycles. The van der Waals surface area contributed by atoms with Gasteiger partial charge in [0.2, 0.25) is 0 Å². The maximum absolute atomic E-state index is 12.0. The van der Waals surface area contributed by atoms with Crippen LogP contribution in [0.2, 0.25) is 0 Å². The molecule has 0 radical (unpaired) electrons. The summed E-state index contributed by atoms with van der Waals surface area (Å²) in [5.74, 6) is -0.0948. The summed E-state index contributed by atoms with van der Waals surface area (Å²) in [6.45, 7) is 6.82. The quantitative estimate of drug-likeness (QED) is 0.148. The molecule has 0 aliphatic rings. The van der Waals surface area contributed by atoms with Gasteiger partial charge in [0, 0.05) is 19.4 Å². The van der Waals surface area contributed by atoms with Gasteiger partial charge in [0.1, 0.15) is 6.29 Å². The second kappa shape index (κ2) is 21.8. The Morgan fingerprint density at radius 2 is 1.52 bits per heavy atom. The molecule has 0 aliphatic heterocycles. The molecule has 0 spiro atoms. The van der Waals surface area contributed by atoms with Crippen LogP contribution in [0.3, 0.4) is 0 Å². The lowest BCUT2D eigenvalue weighted by Crippen LogP contribution is -2.29. The van der Waals surface area contributed by atoms with Crippen LogP contribution in [0.25, 0.3) is 0 Å². The number of aliphatic hydroxyl groups excluding tert-OH is 1. The Morgan fingerprint density at radius 3 is 2.21 bits per heavy atom. The van der Waals surface area contributed by atoms with Crippen molar-refractivity contribution in [2.45, 2.75) is 116 Å². The van der Waals surface area contributed by atoms with Crippen LogP contribution in [0.15, 0.2) is 0 Å². The van der Waals surface area contributed by atoms with Crippen molar-refractivity contribution in [2.24, 2.45) is 0 Å². The summed E-state index contributed by atoms with van der Waals surface area (Å²) in [5, 5.41) is 9.25. The molecular formula is C24H47NO4. The number of hydrogen-bond acceptors (Lipinski definition) is 5. The van der Waals surface area contributed by atoms with Gasteiger partial charge in [0.25, 0.3) is 0 Å². The molecule has 1 atom stereocenters. The predicted octanol–water partition coefficient (Wildman–Crippen LogP) is 5.28. The van der Waals surface area contributed by atoms with E-state index in [2.05, 4.69) is 11.8 Å². The Kier molecular flexibility index (Phi) is 21.1. The van der Waals surface area contributed by atoms with Gasteiger partial charge < -0.3 is 19.5 Å². The van der Waals surface area contributed by atoms with Crippen molar-refractivity contribution >= 4 is 12.3 Å². The molecule has 0 saturated carbocycles. The zero-order chi connectivity index (χ0) is 21.6. The third kappa shape index (κ3) is 20.1. The molecule has 0 aliphatic carbocycles. The molecule has 1 N–H and O–H groups in total. The molecule has 0 aromatic rings. The Labute approximate surface area is 179 Å². The highest BCUT2D eigenvalue weighted by Crippen LogP contribution is 2.11. The molecule has 0 rings (SSSR count). The highest BCUT2D eigenvalue weighted by molar-refractivity contribution is 5.69. The lowest BCUT2D eigenvalue weighted by Gasteiger charge is -2.21. The lowest BCUT2D eigenvalue weighted by atomic mass is 10.1. The van der Waals surface area contributed by atoms with Crippen LogP contribution in [0, 0.1) is 0 Å². The lowest BCUT2D eigenvalue weighted by molar-refractivity contribution is -0.148. The molecule has 5 heteroatoms. The number of hydrogen-bond donors (Lipinski definition) is 1. The van der Waals surface area contributed by atoms with Crippen molar-refractivity contribution in [3.8, 4) is 0 Å². The van der Waals surface area contributed by atoms with E-state index in [1.807, 2.05) is 6.92 Å². The summed E-state index contributed by atoms with van der Waals surface area (Å²) in [5.41, 5.74) is 0. The van der Waals surface area contributed by atoms with E-state index in [9.17, 15) is 14.7 Å². The largest absolute Gasteiger partial charge is 0.463 e. The Hall–Kier alpha value is -0.940. The molecule has 1 unspecified atom stereocenters. The first-order chi connectivity index (χ1) is 14.1. The molecule has 0 heterocycles. The number of nitrogens with zero attached hydrogens (tertiary/aromatic N) is 1. The molecule has 172 valence electrons. The van der Waals surface area contributed by atoms with Crippen LogP contribution in [0.5, 0.6) is 0 Å². The molecule has 0 aromatic heterocycles. The third-order valence-corrected chi connectivity index (χ3v) is 5.36. The number of aliphatic hydroxyl groups is 1. The van der Waals surface area contributed by atoms with Gasteiger partial charge in [0.15, 0.2) is 0 Å². The van der Waals surface area contributed by atoms with Crippen molar-refractivity contribution in [1.29, 1.82) is 0 Å². The van der Waals surface area contributed by atoms with Crippen molar-refractivity contribution in [3.63, 3.8) is 0 Å². The van der Waals surface area contributed by atoms with Crippen LogP contribution >= 0.6 is 0 Å². The summed E-state index contributed by atoms with van der Waals surface area (Å²) in [4.78, 5) is 24.6. The van der Waals surface area contributed by atoms with E-state index in [0.717, 1.165) is 70.7 Å². The number of rotatable bonds is 22. The van der Waals surface area contributed by atoms with Crippen LogP contribution in [0.4, 0.5) is 0 Å². The van der Waals surface area contributed by atoms with E-state index in [0.29, 0.717) is 19.4 Å². The molecule has 29 heavy (non-hydrogen) atoms. The number of ether oxygens (including phenoxy) is 1. The first-order valence-electron chi connectivity index (χ1n) is 12.1. The van der Waals surface area contributed by atoms with Crippen molar-refractivity contribution in [1.82, 2.24) is 4.90 Å². The number of aldehydes is 1. The fraction of sp³-hybridized carbons (Fsp3) is 0.917. The summed E-state index contributed by atoms with van der Waals surface area (Å²) in [6.07, 6.45) is 16.9. The second-order valence-corrected chi connectivity index (χ2v) is 8.25. The summed E-state index contributed by atoms with van der Waals surface area (Å²) in [7, 11) is 0. The van der Waals surface area contributed by atoms with Crippen LogP contribution in [-0.4, -0.2) is 54.6 Å². The molecule has 5 nitrogen and oxygen atoms in total. The van der Waals surface area contributed by atoms with Crippen LogP contribution in [-0.2, 0) is 14.3 Å². The average molecular weight is 414 g/mol. The van der Waals surface area contributed by atoms with E-state index < -0.39 is 0 Å². The molecule has 0 bridgehead atoms. The predicted molar refractivity (Wildman–Crippen MR) is 120 cm³/mol. The fourth-order valence-electron chi connectivity index (χ4n) is 3.57. The SMILES string of the molecule is CCCCCCCCC(C)OC(=O)CCCN(CCO)CCCCCCCC=O. The summed E-state index contributed by atoms with van der Waals surface area (Å²) >= 11 is 0. The minimum atomic E-state index is -0.0948. The molecular weight excluding hydrogens is 366 g/mol. The minimum Gasteiger partial charge on any atom is -0.463 e. The van der Waals surface area contributed by atoms with Gasteiger partial charge in [-0.25, -0.2) is 0 Å². The Morgan fingerprint density at radius 1 is 0.897 bits per heavy atom. The zero-order valence-electron chi connectivity index (χ0n) is 19.2. The van der Waals surface area contributed by atoms with E-state index in [4.69, 9.17) is 4.74 Å². The zero-order valence-corrected chi connectivity index (χ0v) is 19.2. The Bertz CT molecular complexity index is 376. The van der Waals surface area contributed by atoms with Crippen LogP contribution in [0.1, 0.15) is 110 Å². The summed E-state index contributed by atoms with van der Waals surface area (Å²) < 4.78 is 5.53. The smallest absolute Gasteiger partial charge is 0.306 e. The van der Waals surface area contributed by atoms with Gasteiger partial charge in [-0.15, -0.1) is 0 Å². The monoisotopic (exact) mass is 413 g/mol. The van der Waals surface area contributed by atoms with E-state index in [1.165, 1.54) is 32.1 Å². The van der Waals surface area contributed by atoms with Crippen molar-refractivity contribution < 1.29 is 19.4 Å². The maximum atomic E-state index is 12.0. The maximum Gasteiger partial charge on any atom is 0.306 e. The second-order valence-electron chi connectivity index (χ2n) is 8.25. The standard InChI is InChI=1S/C24H47NO4/c1-3-4-5-6-9-12-16-23(2)29-24(28)17-15-19-25(20-22-27)18-13-10-7-8-11-14-21-26/h21,23,27H,3-20,22H2,1-2H3. The van der Waals surface area contributed by atoms with Gasteiger partial charge in [-0.3, -0.25) is 4.79 Å². The van der Waals surface area contributed by atoms with Crippen molar-refractivity contribution in [2.75, 3.05) is 26.2 Å². The van der Waals surface area contributed by atoms with E-state index in [1.54, 1.807) is 0 Å². The Balaban J connectivity index is 3.74. The fourth-order valence-corrected chi connectivity index (χ4v) is 3.57. The van der Waals surface area contributed by atoms with E-state index in [-0.39, 0.29) is 18.7 Å². The van der Waals surface area contributed by atoms with Crippen LogP contribution < -0.4 is 0 Å². The van der Waals surface area contributed by atoms with Gasteiger partial charge in [0.05, 0.1) is 12.7 Å². The first-order valence-corrected chi connectivity index (χ1v) is 12.1. The number of esters is 1. The number of unbranched alkanes of at least 4 members (excludes halogenated alkanes) is 10. The third-order valence-electron chi connectivity index (χ3n) is 5.36. The van der Waals surface area contributed by atoms with Gasteiger partial charge in [-0.05, 0) is 52.1 Å². The average Bonchev–Trinajstić information content (AvgIpc) is 2.69. The van der Waals surface area contributed by atoms with Gasteiger partial charge in [-0.2, -0.15) is 0 Å². The minimum absolute atomic E-state index is 0.0152. The van der Waals surface area contributed by atoms with Crippen molar-refractivity contribution in [3.05, 3.63) is 0 Å². The topological polar surface area (TPSA) is 66.8 Å². The molecule has 0 saturated heterocycles. The highest BCUT2D eigenvalue weighted by atomic mass is 16.5. The molecule has 0 fully saturated rings. The first kappa shape index (κ1) is 28.1. The summed E-state index contributed by atoms with van der Waals surface area (Å²) in [6, 6.07) is 0.